The second-order valence-corrected chi connectivity index (χ2v) is 3.21. The van der Waals surface area contributed by atoms with Crippen molar-refractivity contribution in [1.29, 1.82) is 0 Å². The number of nitrogens with zero attached hydrogens (tertiary/aromatic N) is 1. The molecule has 0 bridgehead atoms. The molecule has 0 spiro atoms. The molecular formula is C10H11F2N3O3. The van der Waals surface area contributed by atoms with Gasteiger partial charge in [-0.2, -0.15) is 8.78 Å². The van der Waals surface area contributed by atoms with Crippen molar-refractivity contribution < 1.29 is 23.5 Å². The summed E-state index contributed by atoms with van der Waals surface area (Å²) in [6, 6.07) is 4.96. The second kappa shape index (κ2) is 5.30. The number of likely N-dealkylation sites (N-methyl/N-ethyl adjacent to an activating group) is 1. The molecule has 1 aromatic carbocycles. The largest absolute Gasteiger partial charge is 0.482 e. The molecule has 0 aromatic heterocycles. The van der Waals surface area contributed by atoms with Crippen molar-refractivity contribution in [2.24, 2.45) is 10.9 Å². The van der Waals surface area contributed by atoms with Crippen molar-refractivity contribution in [3.8, 4) is 5.75 Å². The quantitative estimate of drug-likeness (QED) is 0.317. The zero-order valence-electron chi connectivity index (χ0n) is 9.35. The maximum absolute atomic E-state index is 13.1. The predicted octanol–water partition coefficient (Wildman–Crippen LogP) is 0.499. The fourth-order valence-corrected chi connectivity index (χ4v) is 1.09. The minimum Gasteiger partial charge on any atom is -0.425 e. The highest BCUT2D eigenvalue weighted by atomic mass is 19.3. The second-order valence-electron chi connectivity index (χ2n) is 3.21. The maximum Gasteiger partial charge on any atom is 0.482 e. The number of alkyl halides is 2. The molecule has 0 aliphatic heterocycles. The van der Waals surface area contributed by atoms with Crippen molar-refractivity contribution in [2.45, 2.75) is 6.11 Å². The highest BCUT2D eigenvalue weighted by molar-refractivity contribution is 5.97. The molecule has 0 saturated heterocycles. The molecule has 0 unspecified atom stereocenters. The fraction of sp³-hybridized carbons (Fsp3) is 0.200. The SMILES string of the molecule is CNC(=O)C(F)(F)Oc1ccc(/C(N)=N\O)cc1. The Morgan fingerprint density at radius 2 is 2.00 bits per heavy atom. The molecule has 1 aromatic rings. The van der Waals surface area contributed by atoms with E-state index in [9.17, 15) is 13.6 Å². The van der Waals surface area contributed by atoms with Crippen LogP contribution in [0, 0.1) is 0 Å². The summed E-state index contributed by atoms with van der Waals surface area (Å²) in [4.78, 5) is 10.8. The molecule has 0 aliphatic carbocycles. The van der Waals surface area contributed by atoms with Crippen molar-refractivity contribution >= 4 is 11.7 Å². The third-order valence-electron chi connectivity index (χ3n) is 2.00. The van der Waals surface area contributed by atoms with Crippen molar-refractivity contribution in [3.05, 3.63) is 29.8 Å². The maximum atomic E-state index is 13.1. The van der Waals surface area contributed by atoms with Gasteiger partial charge < -0.3 is 21.0 Å². The molecule has 0 fully saturated rings. The van der Waals surface area contributed by atoms with E-state index in [4.69, 9.17) is 10.9 Å². The fourth-order valence-electron chi connectivity index (χ4n) is 1.09. The van der Waals surface area contributed by atoms with Crippen molar-refractivity contribution in [1.82, 2.24) is 5.32 Å². The lowest BCUT2D eigenvalue weighted by Gasteiger charge is -2.15. The Balaban J connectivity index is 2.84. The zero-order chi connectivity index (χ0) is 13.8. The van der Waals surface area contributed by atoms with Gasteiger partial charge in [-0.3, -0.25) is 4.79 Å². The number of benzene rings is 1. The van der Waals surface area contributed by atoms with E-state index in [-0.39, 0.29) is 11.6 Å². The molecule has 0 aliphatic rings. The smallest absolute Gasteiger partial charge is 0.425 e. The Bertz CT molecular complexity index is 460. The summed E-state index contributed by atoms with van der Waals surface area (Å²) in [7, 11) is 1.07. The summed E-state index contributed by atoms with van der Waals surface area (Å²) in [5.74, 6) is -1.94. The Hall–Kier alpha value is -2.38. The summed E-state index contributed by atoms with van der Waals surface area (Å²) < 4.78 is 30.4. The van der Waals surface area contributed by atoms with Gasteiger partial charge in [0.25, 0.3) is 0 Å². The number of amides is 1. The number of ether oxygens (including phenoxy) is 1. The average Bonchev–Trinajstić information content (AvgIpc) is 2.37. The molecule has 0 saturated carbocycles. The molecular weight excluding hydrogens is 248 g/mol. The van der Waals surface area contributed by atoms with Gasteiger partial charge in [-0.05, 0) is 24.3 Å². The van der Waals surface area contributed by atoms with Crippen LogP contribution >= 0.6 is 0 Å². The van der Waals surface area contributed by atoms with E-state index in [2.05, 4.69) is 9.89 Å². The van der Waals surface area contributed by atoms with Gasteiger partial charge in [-0.25, -0.2) is 0 Å². The third-order valence-corrected chi connectivity index (χ3v) is 2.00. The lowest BCUT2D eigenvalue weighted by atomic mass is 10.2. The average molecular weight is 259 g/mol. The van der Waals surface area contributed by atoms with Gasteiger partial charge in [-0.15, -0.1) is 0 Å². The van der Waals surface area contributed by atoms with Gasteiger partial charge in [-0.1, -0.05) is 5.16 Å². The summed E-state index contributed by atoms with van der Waals surface area (Å²) in [6.45, 7) is 0. The van der Waals surface area contributed by atoms with E-state index in [1.54, 1.807) is 5.32 Å². The topological polar surface area (TPSA) is 96.9 Å². The standard InChI is InChI=1S/C10H11F2N3O3/c1-14-9(16)10(11,12)18-7-4-2-6(3-5-7)8(13)15-17/h2-5,17H,1H3,(H2,13,15)(H,14,16). The Morgan fingerprint density at radius 3 is 2.44 bits per heavy atom. The summed E-state index contributed by atoms with van der Waals surface area (Å²) in [5, 5.41) is 12.9. The summed E-state index contributed by atoms with van der Waals surface area (Å²) in [5.41, 5.74) is 5.62. The number of nitrogens with one attached hydrogen (secondary N) is 1. The molecule has 18 heavy (non-hydrogen) atoms. The first-order valence-corrected chi connectivity index (χ1v) is 4.77. The van der Waals surface area contributed by atoms with E-state index in [0.29, 0.717) is 5.56 Å². The molecule has 1 amide bonds. The van der Waals surface area contributed by atoms with Crippen LogP contribution in [0.2, 0.25) is 0 Å². The van der Waals surface area contributed by atoms with Gasteiger partial charge in [0.1, 0.15) is 5.75 Å². The molecule has 1 rings (SSSR count). The van der Waals surface area contributed by atoms with E-state index in [0.717, 1.165) is 7.05 Å². The number of rotatable bonds is 4. The number of hydrogen-bond donors (Lipinski definition) is 3. The van der Waals surface area contributed by atoms with E-state index in [1.807, 2.05) is 0 Å². The lowest BCUT2D eigenvalue weighted by Crippen LogP contribution is -2.42. The van der Waals surface area contributed by atoms with Gasteiger partial charge in [0, 0.05) is 12.6 Å². The number of nitrogens with two attached hydrogens (primary N) is 1. The van der Waals surface area contributed by atoms with Crippen LogP contribution < -0.4 is 15.8 Å². The third kappa shape index (κ3) is 3.06. The number of halogens is 2. The number of amidine groups is 1. The normalized spacial score (nSPS) is 12.1. The predicted molar refractivity (Wildman–Crippen MR) is 58.6 cm³/mol. The Labute approximate surface area is 101 Å². The summed E-state index contributed by atoms with van der Waals surface area (Å²) in [6.07, 6.45) is -3.97. The van der Waals surface area contributed by atoms with Gasteiger partial charge >= 0.3 is 12.0 Å². The van der Waals surface area contributed by atoms with Crippen molar-refractivity contribution in [3.63, 3.8) is 0 Å². The first-order chi connectivity index (χ1) is 8.40. The van der Waals surface area contributed by atoms with E-state index in [1.165, 1.54) is 24.3 Å². The number of hydrogen-bond acceptors (Lipinski definition) is 4. The minimum atomic E-state index is -3.97. The molecule has 6 nitrogen and oxygen atoms in total. The van der Waals surface area contributed by atoms with Crippen LogP contribution in [0.25, 0.3) is 0 Å². The highest BCUT2D eigenvalue weighted by Crippen LogP contribution is 2.22. The van der Waals surface area contributed by atoms with Crippen LogP contribution in [0.3, 0.4) is 0 Å². The summed E-state index contributed by atoms with van der Waals surface area (Å²) >= 11 is 0. The van der Waals surface area contributed by atoms with Crippen LogP contribution in [-0.4, -0.2) is 30.1 Å². The first kappa shape index (κ1) is 13.7. The monoisotopic (exact) mass is 259 g/mol. The van der Waals surface area contributed by atoms with Crippen LogP contribution in [0.5, 0.6) is 5.75 Å². The minimum absolute atomic E-state index is 0.167. The van der Waals surface area contributed by atoms with Crippen LogP contribution in [0.1, 0.15) is 5.56 Å². The van der Waals surface area contributed by atoms with Crippen LogP contribution in [-0.2, 0) is 4.79 Å². The van der Waals surface area contributed by atoms with Gasteiger partial charge in [0.2, 0.25) is 0 Å². The van der Waals surface area contributed by atoms with Crippen LogP contribution in [0.15, 0.2) is 29.4 Å². The Morgan fingerprint density at radius 1 is 1.44 bits per heavy atom. The van der Waals surface area contributed by atoms with Gasteiger partial charge in [0.05, 0.1) is 0 Å². The zero-order valence-corrected chi connectivity index (χ0v) is 9.35. The van der Waals surface area contributed by atoms with Crippen LogP contribution in [0.4, 0.5) is 8.78 Å². The first-order valence-electron chi connectivity index (χ1n) is 4.77. The lowest BCUT2D eigenvalue weighted by molar-refractivity contribution is -0.192. The van der Waals surface area contributed by atoms with E-state index >= 15 is 0 Å². The molecule has 0 radical (unpaired) electrons. The number of carbonyl (C=O) groups is 1. The molecule has 0 heterocycles. The molecule has 0 atom stereocenters. The molecule has 98 valence electrons. The number of carbonyl (C=O) groups excluding carboxylic acids is 1. The van der Waals surface area contributed by atoms with Crippen molar-refractivity contribution in [2.75, 3.05) is 7.05 Å². The highest BCUT2D eigenvalue weighted by Gasteiger charge is 2.41. The number of oxime groups is 1. The Kier molecular flexibility index (Phi) is 4.03. The van der Waals surface area contributed by atoms with Gasteiger partial charge in [0.15, 0.2) is 5.84 Å². The van der Waals surface area contributed by atoms with E-state index < -0.39 is 12.0 Å². The molecule has 8 heteroatoms. The molecule has 4 N–H and O–H groups in total.